The predicted molar refractivity (Wildman–Crippen MR) is 200 cm³/mol. The van der Waals surface area contributed by atoms with E-state index in [1.807, 2.05) is 91.9 Å². The number of hydrogen-bond donors (Lipinski definition) is 2. The highest BCUT2D eigenvalue weighted by Gasteiger charge is 2.35. The van der Waals surface area contributed by atoms with Crippen LogP contribution in [-0.4, -0.2) is 84.8 Å². The summed E-state index contributed by atoms with van der Waals surface area (Å²) >= 11 is 0. The Labute approximate surface area is 297 Å². The lowest BCUT2D eigenvalue weighted by Crippen LogP contribution is -2.56. The van der Waals surface area contributed by atoms with Crippen molar-refractivity contribution in [3.8, 4) is 11.1 Å². The molecule has 1 aliphatic rings. The first-order valence-corrected chi connectivity index (χ1v) is 17.7. The van der Waals surface area contributed by atoms with Crippen LogP contribution in [0.4, 0.5) is 0 Å². The Morgan fingerprint density at radius 2 is 1.42 bits per heavy atom. The number of benzene rings is 4. The van der Waals surface area contributed by atoms with Crippen molar-refractivity contribution >= 4 is 17.7 Å². The monoisotopic (exact) mass is 673 g/mol. The van der Waals surface area contributed by atoms with Crippen LogP contribution in [-0.2, 0) is 22.4 Å². The van der Waals surface area contributed by atoms with Gasteiger partial charge >= 0.3 is 0 Å². The Bertz CT molecular complexity index is 1710. The second-order valence-electron chi connectivity index (χ2n) is 13.6. The Kier molecular flexibility index (Phi) is 12.6. The number of amides is 3. The minimum absolute atomic E-state index is 0.199. The molecule has 0 radical (unpaired) electrons. The number of rotatable bonds is 14. The summed E-state index contributed by atoms with van der Waals surface area (Å²) < 4.78 is 0. The van der Waals surface area contributed by atoms with Crippen LogP contribution in [0.5, 0.6) is 0 Å². The maximum atomic E-state index is 14.7. The third-order valence-electron chi connectivity index (χ3n) is 10.1. The van der Waals surface area contributed by atoms with Gasteiger partial charge in [0.05, 0.1) is 0 Å². The van der Waals surface area contributed by atoms with E-state index in [4.69, 9.17) is 5.73 Å². The van der Waals surface area contributed by atoms with Crippen LogP contribution in [0.2, 0.25) is 0 Å². The molecule has 4 atom stereocenters. The van der Waals surface area contributed by atoms with Gasteiger partial charge in [-0.25, -0.2) is 0 Å². The van der Waals surface area contributed by atoms with Gasteiger partial charge in [0.2, 0.25) is 11.8 Å². The van der Waals surface area contributed by atoms with E-state index in [1.54, 1.807) is 26.2 Å². The van der Waals surface area contributed by atoms with Crippen molar-refractivity contribution in [1.82, 2.24) is 20.0 Å². The fraction of sp³-hybridized carbons (Fsp3) is 0.357. The van der Waals surface area contributed by atoms with Crippen LogP contribution in [0, 0.1) is 0 Å². The lowest BCUT2D eigenvalue weighted by atomic mass is 9.97. The van der Waals surface area contributed by atoms with Crippen molar-refractivity contribution in [2.75, 3.05) is 34.2 Å². The van der Waals surface area contributed by atoms with Gasteiger partial charge in [0.25, 0.3) is 5.91 Å². The zero-order valence-corrected chi connectivity index (χ0v) is 29.8. The number of nitrogens with one attached hydrogen (secondary N) is 1. The lowest BCUT2D eigenvalue weighted by Gasteiger charge is -2.35. The van der Waals surface area contributed by atoms with Crippen LogP contribution in [0.1, 0.15) is 59.3 Å². The lowest BCUT2D eigenvalue weighted by molar-refractivity contribution is -0.142. The second-order valence-corrected chi connectivity index (χ2v) is 13.6. The number of likely N-dealkylation sites (tertiary alicyclic amines) is 1. The molecule has 3 amide bonds. The molecule has 1 aliphatic heterocycles. The molecule has 0 bridgehead atoms. The second kappa shape index (κ2) is 17.2. The largest absolute Gasteiger partial charge is 0.354 e. The van der Waals surface area contributed by atoms with Gasteiger partial charge in [-0.1, -0.05) is 97.1 Å². The van der Waals surface area contributed by atoms with Gasteiger partial charge < -0.3 is 25.8 Å². The maximum absolute atomic E-state index is 14.7. The van der Waals surface area contributed by atoms with E-state index >= 15 is 0 Å². The summed E-state index contributed by atoms with van der Waals surface area (Å²) in [5.74, 6) is -0.789. The fourth-order valence-electron chi connectivity index (χ4n) is 6.83. The summed E-state index contributed by atoms with van der Waals surface area (Å²) in [7, 11) is 5.48. The van der Waals surface area contributed by atoms with E-state index in [1.165, 1.54) is 16.2 Å². The average molecular weight is 674 g/mol. The molecule has 262 valence electrons. The standard InChI is InChI=1S/C42H51N5O3/c1-30(43)35-17-11-18-36(29-35)41(49)47(4)39(28-32-20-22-34(23-21-32)33-15-9-6-10-16-33)42(50)46(3)38(27-31-13-7-5-8-14-31)40(48)44-25-24-37-19-12-26-45(37)2/h5-11,13-18,20-23,29-30,37-39H,12,19,24-28,43H2,1-4H3,(H,44,48)/t30?,37?,38-,39-/m1/s1. The first kappa shape index (κ1) is 36.5. The van der Waals surface area contributed by atoms with Gasteiger partial charge in [-0.3, -0.25) is 14.4 Å². The molecule has 2 unspecified atom stereocenters. The number of nitrogens with zero attached hydrogens (tertiary/aromatic N) is 3. The normalized spacial score (nSPS) is 16.3. The molecule has 50 heavy (non-hydrogen) atoms. The van der Waals surface area contributed by atoms with Gasteiger partial charge in [0.1, 0.15) is 12.1 Å². The highest BCUT2D eigenvalue weighted by Crippen LogP contribution is 2.23. The molecule has 4 aromatic rings. The molecule has 5 rings (SSSR count). The maximum Gasteiger partial charge on any atom is 0.254 e. The van der Waals surface area contributed by atoms with Crippen LogP contribution >= 0.6 is 0 Å². The van der Waals surface area contributed by atoms with Crippen molar-refractivity contribution in [2.45, 2.75) is 63.2 Å². The molecule has 0 saturated carbocycles. The van der Waals surface area contributed by atoms with Gasteiger partial charge in [0.15, 0.2) is 0 Å². The zero-order valence-electron chi connectivity index (χ0n) is 29.8. The van der Waals surface area contributed by atoms with Gasteiger partial charge in [-0.05, 0) is 79.7 Å². The summed E-state index contributed by atoms with van der Waals surface area (Å²) in [4.78, 5) is 48.0. The fourth-order valence-corrected chi connectivity index (χ4v) is 6.83. The topological polar surface area (TPSA) is 99.0 Å². The SMILES string of the molecule is CC(N)c1cccc(C(=O)N(C)[C@H](Cc2ccc(-c3ccccc3)cc2)C(=O)N(C)[C@H](Cc2ccccc2)C(=O)NCCC2CCCN2C)c1. The van der Waals surface area contributed by atoms with Crippen molar-refractivity contribution in [2.24, 2.45) is 5.73 Å². The third kappa shape index (κ3) is 9.25. The van der Waals surface area contributed by atoms with E-state index in [0.29, 0.717) is 24.6 Å². The van der Waals surface area contributed by atoms with E-state index < -0.39 is 12.1 Å². The van der Waals surface area contributed by atoms with Crippen LogP contribution in [0.3, 0.4) is 0 Å². The predicted octanol–water partition coefficient (Wildman–Crippen LogP) is 5.73. The number of hydrogen-bond acceptors (Lipinski definition) is 5. The molecule has 0 aliphatic carbocycles. The first-order valence-electron chi connectivity index (χ1n) is 17.7. The molecule has 4 aromatic carbocycles. The summed E-state index contributed by atoms with van der Waals surface area (Å²) in [5.41, 5.74) is 11.5. The highest BCUT2D eigenvalue weighted by molar-refractivity contribution is 5.98. The zero-order chi connectivity index (χ0) is 35.6. The Balaban J connectivity index is 1.42. The smallest absolute Gasteiger partial charge is 0.254 e. The van der Waals surface area contributed by atoms with Crippen LogP contribution in [0.15, 0.2) is 109 Å². The quantitative estimate of drug-likeness (QED) is 0.178. The van der Waals surface area contributed by atoms with Crippen molar-refractivity contribution in [3.63, 3.8) is 0 Å². The molecule has 8 heteroatoms. The van der Waals surface area contributed by atoms with Gasteiger partial charge in [0, 0.05) is 51.1 Å². The molecule has 3 N–H and O–H groups in total. The summed E-state index contributed by atoms with van der Waals surface area (Å²) in [5, 5.41) is 3.14. The minimum Gasteiger partial charge on any atom is -0.354 e. The molecule has 1 saturated heterocycles. The Hall–Kier alpha value is -4.79. The van der Waals surface area contributed by atoms with E-state index in [0.717, 1.165) is 47.2 Å². The van der Waals surface area contributed by atoms with E-state index in [-0.39, 0.29) is 30.2 Å². The molecule has 1 heterocycles. The third-order valence-corrected chi connectivity index (χ3v) is 10.1. The molecule has 0 spiro atoms. The highest BCUT2D eigenvalue weighted by atomic mass is 16.2. The summed E-state index contributed by atoms with van der Waals surface area (Å²) in [6, 6.07) is 33.8. The summed E-state index contributed by atoms with van der Waals surface area (Å²) in [6.45, 7) is 3.48. The van der Waals surface area contributed by atoms with Gasteiger partial charge in [-0.2, -0.15) is 0 Å². The molecule has 8 nitrogen and oxygen atoms in total. The number of carbonyl (C=O) groups is 3. The molecule has 0 aromatic heterocycles. The molecular formula is C42H51N5O3. The molecular weight excluding hydrogens is 622 g/mol. The van der Waals surface area contributed by atoms with Crippen LogP contribution in [0.25, 0.3) is 11.1 Å². The van der Waals surface area contributed by atoms with Gasteiger partial charge in [-0.15, -0.1) is 0 Å². The first-order chi connectivity index (χ1) is 24.1. The Morgan fingerprint density at radius 3 is 2.06 bits per heavy atom. The van der Waals surface area contributed by atoms with E-state index in [9.17, 15) is 14.4 Å². The van der Waals surface area contributed by atoms with Crippen LogP contribution < -0.4 is 11.1 Å². The van der Waals surface area contributed by atoms with Crippen molar-refractivity contribution in [1.29, 1.82) is 0 Å². The average Bonchev–Trinajstić information content (AvgIpc) is 3.56. The minimum atomic E-state index is -0.868. The number of likely N-dealkylation sites (N-methyl/N-ethyl adjacent to an activating group) is 2. The molecule has 1 fully saturated rings. The van der Waals surface area contributed by atoms with Crippen molar-refractivity contribution < 1.29 is 14.4 Å². The number of carbonyl (C=O) groups excluding carboxylic acids is 3. The summed E-state index contributed by atoms with van der Waals surface area (Å²) in [6.07, 6.45) is 3.78. The van der Waals surface area contributed by atoms with E-state index in [2.05, 4.69) is 29.4 Å². The Morgan fingerprint density at radius 1 is 0.800 bits per heavy atom. The van der Waals surface area contributed by atoms with Crippen molar-refractivity contribution in [3.05, 3.63) is 131 Å². The number of nitrogens with two attached hydrogens (primary N) is 1.